The molecule has 5 nitrogen and oxygen atoms in total. The highest BCUT2D eigenvalue weighted by Crippen LogP contribution is 2.11. The quantitative estimate of drug-likeness (QED) is 0.378. The first-order valence-electron chi connectivity index (χ1n) is 5.15. The van der Waals surface area contributed by atoms with E-state index in [1.807, 2.05) is 0 Å². The fourth-order valence-electron chi connectivity index (χ4n) is 1.24. The minimum absolute atomic E-state index is 0.0553. The van der Waals surface area contributed by atoms with E-state index in [0.29, 0.717) is 31.5 Å². The Hall–Kier alpha value is -2.11. The molecular weight excluding hydrogens is 225 g/mol. The largest absolute Gasteiger partial charge is 0.396 e. The number of amides is 2. The molecule has 0 aromatic heterocycles. The normalized spacial score (nSPS) is 9.71. The van der Waals surface area contributed by atoms with Crippen molar-refractivity contribution in [3.05, 3.63) is 29.6 Å². The van der Waals surface area contributed by atoms with Crippen LogP contribution in [-0.4, -0.2) is 25.4 Å². The highest BCUT2D eigenvalue weighted by Gasteiger charge is 2.07. The van der Waals surface area contributed by atoms with Crippen LogP contribution in [0.4, 0.5) is 10.1 Å². The van der Waals surface area contributed by atoms with E-state index in [1.165, 1.54) is 12.1 Å². The fraction of sp³-hybridized carbons (Fsp3) is 0.273. The first-order valence-corrected chi connectivity index (χ1v) is 5.15. The van der Waals surface area contributed by atoms with Crippen molar-refractivity contribution in [1.29, 1.82) is 0 Å². The maximum Gasteiger partial charge on any atom is 0.251 e. The molecule has 0 heterocycles. The summed E-state index contributed by atoms with van der Waals surface area (Å²) in [5, 5.41) is 5.11. The highest BCUT2D eigenvalue weighted by molar-refractivity contribution is 5.94. The molecule has 2 amide bonds. The minimum Gasteiger partial charge on any atom is -0.396 e. The van der Waals surface area contributed by atoms with Crippen molar-refractivity contribution in [2.24, 2.45) is 0 Å². The van der Waals surface area contributed by atoms with Gasteiger partial charge in [-0.05, 0) is 24.6 Å². The number of nitrogens with two attached hydrogens (primary N) is 1. The highest BCUT2D eigenvalue weighted by atomic mass is 19.1. The number of nitrogen functional groups attached to an aromatic ring is 1. The van der Waals surface area contributed by atoms with Crippen molar-refractivity contribution in [1.82, 2.24) is 10.6 Å². The van der Waals surface area contributed by atoms with Crippen molar-refractivity contribution in [3.63, 3.8) is 0 Å². The van der Waals surface area contributed by atoms with Gasteiger partial charge in [-0.25, -0.2) is 4.39 Å². The third-order valence-corrected chi connectivity index (χ3v) is 2.12. The summed E-state index contributed by atoms with van der Waals surface area (Å²) >= 11 is 0. The van der Waals surface area contributed by atoms with Gasteiger partial charge in [-0.15, -0.1) is 0 Å². The molecule has 0 saturated carbocycles. The third kappa shape index (κ3) is 4.10. The van der Waals surface area contributed by atoms with Gasteiger partial charge in [0, 0.05) is 18.7 Å². The van der Waals surface area contributed by atoms with E-state index >= 15 is 0 Å². The van der Waals surface area contributed by atoms with Gasteiger partial charge in [0.2, 0.25) is 6.41 Å². The van der Waals surface area contributed by atoms with Crippen LogP contribution in [-0.2, 0) is 4.79 Å². The first kappa shape index (κ1) is 13.0. The van der Waals surface area contributed by atoms with Gasteiger partial charge in [0.25, 0.3) is 5.91 Å². The summed E-state index contributed by atoms with van der Waals surface area (Å²) in [6.45, 7) is 0.923. The van der Waals surface area contributed by atoms with Crippen molar-refractivity contribution in [2.75, 3.05) is 18.8 Å². The Bertz CT molecular complexity index is 410. The Morgan fingerprint density at radius 2 is 2.18 bits per heavy atom. The summed E-state index contributed by atoms with van der Waals surface area (Å²) < 4.78 is 12.9. The zero-order chi connectivity index (χ0) is 12.7. The van der Waals surface area contributed by atoms with E-state index in [9.17, 15) is 14.0 Å². The second-order valence-electron chi connectivity index (χ2n) is 3.42. The second kappa shape index (κ2) is 6.47. The number of halogens is 1. The van der Waals surface area contributed by atoms with E-state index in [1.54, 1.807) is 0 Å². The molecule has 0 aliphatic heterocycles. The Balaban J connectivity index is 2.41. The van der Waals surface area contributed by atoms with Gasteiger partial charge in [-0.1, -0.05) is 0 Å². The monoisotopic (exact) mass is 239 g/mol. The lowest BCUT2D eigenvalue weighted by atomic mass is 10.2. The molecule has 0 spiro atoms. The number of rotatable bonds is 6. The Labute approximate surface area is 98.2 Å². The van der Waals surface area contributed by atoms with Gasteiger partial charge in [0.1, 0.15) is 5.82 Å². The predicted octanol–water partition coefficient (Wildman–Crippen LogP) is 0.274. The molecule has 4 N–H and O–H groups in total. The molecule has 1 aromatic rings. The van der Waals surface area contributed by atoms with Crippen LogP contribution in [0.2, 0.25) is 0 Å². The summed E-state index contributed by atoms with van der Waals surface area (Å²) in [6, 6.07) is 3.80. The van der Waals surface area contributed by atoms with Gasteiger partial charge in [-0.3, -0.25) is 9.59 Å². The van der Waals surface area contributed by atoms with Crippen LogP contribution in [0.5, 0.6) is 0 Å². The molecule has 0 aliphatic rings. The van der Waals surface area contributed by atoms with Crippen LogP contribution in [0.15, 0.2) is 18.2 Å². The summed E-state index contributed by atoms with van der Waals surface area (Å²) in [7, 11) is 0. The van der Waals surface area contributed by atoms with E-state index in [4.69, 9.17) is 5.73 Å². The van der Waals surface area contributed by atoms with Gasteiger partial charge in [0.15, 0.2) is 0 Å². The second-order valence-corrected chi connectivity index (χ2v) is 3.42. The van der Waals surface area contributed by atoms with Crippen molar-refractivity contribution in [2.45, 2.75) is 6.42 Å². The van der Waals surface area contributed by atoms with Gasteiger partial charge in [-0.2, -0.15) is 0 Å². The van der Waals surface area contributed by atoms with Crippen molar-refractivity contribution in [3.8, 4) is 0 Å². The number of anilines is 1. The molecule has 0 saturated heterocycles. The average molecular weight is 239 g/mol. The van der Waals surface area contributed by atoms with Crippen LogP contribution < -0.4 is 16.4 Å². The maximum atomic E-state index is 12.9. The molecule has 0 atom stereocenters. The molecular formula is C11H14FN3O2. The Morgan fingerprint density at radius 3 is 2.82 bits per heavy atom. The first-order chi connectivity index (χ1) is 8.15. The molecule has 17 heavy (non-hydrogen) atoms. The standard InChI is InChI=1S/C11H14FN3O2/c12-9-3-2-8(6-10(9)13)11(17)15-5-1-4-14-7-16/h2-3,6-7H,1,4-5,13H2,(H,14,16)(H,15,17). The molecule has 1 aromatic carbocycles. The fourth-order valence-corrected chi connectivity index (χ4v) is 1.24. The average Bonchev–Trinajstić information content (AvgIpc) is 2.32. The lowest BCUT2D eigenvalue weighted by molar-refractivity contribution is -0.109. The number of hydrogen-bond donors (Lipinski definition) is 3. The van der Waals surface area contributed by atoms with Crippen LogP contribution in [0.1, 0.15) is 16.8 Å². The molecule has 0 aliphatic carbocycles. The van der Waals surface area contributed by atoms with Crippen LogP contribution in [0, 0.1) is 5.82 Å². The zero-order valence-corrected chi connectivity index (χ0v) is 9.20. The molecule has 6 heteroatoms. The third-order valence-electron chi connectivity index (χ3n) is 2.12. The number of carbonyl (C=O) groups excluding carboxylic acids is 2. The molecule has 0 unspecified atom stereocenters. The van der Waals surface area contributed by atoms with Crippen molar-refractivity contribution < 1.29 is 14.0 Å². The lowest BCUT2D eigenvalue weighted by Crippen LogP contribution is -2.27. The Kier molecular flexibility index (Phi) is 4.93. The van der Waals surface area contributed by atoms with E-state index in [-0.39, 0.29) is 11.6 Å². The predicted molar refractivity (Wildman–Crippen MR) is 61.8 cm³/mol. The maximum absolute atomic E-state index is 12.9. The molecule has 92 valence electrons. The molecule has 0 radical (unpaired) electrons. The number of benzene rings is 1. The minimum atomic E-state index is -0.545. The number of nitrogens with one attached hydrogen (secondary N) is 2. The summed E-state index contributed by atoms with van der Waals surface area (Å²) in [5.74, 6) is -0.862. The smallest absolute Gasteiger partial charge is 0.251 e. The van der Waals surface area contributed by atoms with E-state index < -0.39 is 5.82 Å². The van der Waals surface area contributed by atoms with Crippen LogP contribution in [0.3, 0.4) is 0 Å². The summed E-state index contributed by atoms with van der Waals surface area (Å²) in [6.07, 6.45) is 1.23. The summed E-state index contributed by atoms with van der Waals surface area (Å²) in [5.41, 5.74) is 5.61. The van der Waals surface area contributed by atoms with E-state index in [2.05, 4.69) is 10.6 Å². The Morgan fingerprint density at radius 1 is 1.41 bits per heavy atom. The number of carbonyl (C=O) groups is 2. The van der Waals surface area contributed by atoms with Crippen LogP contribution in [0.25, 0.3) is 0 Å². The zero-order valence-electron chi connectivity index (χ0n) is 9.20. The van der Waals surface area contributed by atoms with Gasteiger partial charge < -0.3 is 16.4 Å². The summed E-state index contributed by atoms with van der Waals surface area (Å²) in [4.78, 5) is 21.5. The molecule has 0 bridgehead atoms. The topological polar surface area (TPSA) is 84.2 Å². The van der Waals surface area contributed by atoms with Crippen molar-refractivity contribution >= 4 is 18.0 Å². The van der Waals surface area contributed by atoms with Gasteiger partial charge in [0.05, 0.1) is 5.69 Å². The van der Waals surface area contributed by atoms with Crippen LogP contribution >= 0.6 is 0 Å². The SMILES string of the molecule is Nc1cc(C(=O)NCCCNC=O)ccc1F. The molecule has 0 fully saturated rings. The van der Waals surface area contributed by atoms with E-state index in [0.717, 1.165) is 6.07 Å². The molecule has 1 rings (SSSR count). The number of hydrogen-bond acceptors (Lipinski definition) is 3. The van der Waals surface area contributed by atoms with Gasteiger partial charge >= 0.3 is 0 Å². The lowest BCUT2D eigenvalue weighted by Gasteiger charge is -2.05.